The molecule has 21 heavy (non-hydrogen) atoms. The van der Waals surface area contributed by atoms with Crippen LogP contribution in [0.1, 0.15) is 36.5 Å². The van der Waals surface area contributed by atoms with E-state index in [0.717, 1.165) is 22.6 Å². The molecular formula is C18H23NO2. The SMILES string of the molecule is COc1cc(N)cc(COc2cc(C(C)C)ccc2C)c1. The first-order chi connectivity index (χ1) is 9.99. The van der Waals surface area contributed by atoms with Gasteiger partial charge in [-0.05, 0) is 47.7 Å². The van der Waals surface area contributed by atoms with Gasteiger partial charge >= 0.3 is 0 Å². The van der Waals surface area contributed by atoms with E-state index in [9.17, 15) is 0 Å². The highest BCUT2D eigenvalue weighted by atomic mass is 16.5. The summed E-state index contributed by atoms with van der Waals surface area (Å²) in [5, 5.41) is 0. The average Bonchev–Trinajstić information content (AvgIpc) is 2.45. The summed E-state index contributed by atoms with van der Waals surface area (Å²) in [5.74, 6) is 2.16. The summed E-state index contributed by atoms with van der Waals surface area (Å²) in [6.07, 6.45) is 0. The fourth-order valence-corrected chi connectivity index (χ4v) is 2.18. The Hall–Kier alpha value is -2.16. The van der Waals surface area contributed by atoms with E-state index in [4.69, 9.17) is 15.2 Å². The third kappa shape index (κ3) is 3.91. The predicted molar refractivity (Wildman–Crippen MR) is 87.0 cm³/mol. The lowest BCUT2D eigenvalue weighted by Crippen LogP contribution is -2.00. The van der Waals surface area contributed by atoms with Crippen LogP contribution in [-0.4, -0.2) is 7.11 Å². The molecule has 0 saturated carbocycles. The van der Waals surface area contributed by atoms with Crippen LogP contribution < -0.4 is 15.2 Å². The molecule has 3 heteroatoms. The number of rotatable bonds is 5. The van der Waals surface area contributed by atoms with Gasteiger partial charge in [-0.25, -0.2) is 0 Å². The number of benzene rings is 2. The van der Waals surface area contributed by atoms with E-state index < -0.39 is 0 Å². The van der Waals surface area contributed by atoms with Gasteiger partial charge in [-0.2, -0.15) is 0 Å². The quantitative estimate of drug-likeness (QED) is 0.833. The number of aryl methyl sites for hydroxylation is 1. The van der Waals surface area contributed by atoms with Crippen molar-refractivity contribution in [1.82, 2.24) is 0 Å². The van der Waals surface area contributed by atoms with Gasteiger partial charge in [-0.3, -0.25) is 0 Å². The number of nitrogen functional groups attached to an aromatic ring is 1. The van der Waals surface area contributed by atoms with E-state index in [-0.39, 0.29) is 0 Å². The zero-order chi connectivity index (χ0) is 15.4. The Kier molecular flexibility index (Phi) is 4.73. The maximum absolute atomic E-state index is 5.96. The smallest absolute Gasteiger partial charge is 0.122 e. The molecule has 2 aromatic carbocycles. The molecule has 112 valence electrons. The summed E-state index contributed by atoms with van der Waals surface area (Å²) in [7, 11) is 1.63. The number of ether oxygens (including phenoxy) is 2. The van der Waals surface area contributed by atoms with E-state index in [1.807, 2.05) is 12.1 Å². The van der Waals surface area contributed by atoms with Crippen molar-refractivity contribution >= 4 is 5.69 Å². The van der Waals surface area contributed by atoms with E-state index in [1.165, 1.54) is 5.56 Å². The molecular weight excluding hydrogens is 262 g/mol. The zero-order valence-corrected chi connectivity index (χ0v) is 13.1. The van der Waals surface area contributed by atoms with Gasteiger partial charge in [0.05, 0.1) is 7.11 Å². The molecule has 0 aliphatic carbocycles. The lowest BCUT2D eigenvalue weighted by atomic mass is 10.0. The van der Waals surface area contributed by atoms with Crippen LogP contribution in [0.15, 0.2) is 36.4 Å². The molecule has 2 aromatic rings. The molecule has 0 aliphatic rings. The van der Waals surface area contributed by atoms with Crippen molar-refractivity contribution in [1.29, 1.82) is 0 Å². The average molecular weight is 285 g/mol. The van der Waals surface area contributed by atoms with Crippen LogP contribution in [0.2, 0.25) is 0 Å². The molecule has 0 atom stereocenters. The summed E-state index contributed by atoms with van der Waals surface area (Å²) >= 11 is 0. The van der Waals surface area contributed by atoms with Crippen LogP contribution in [0.3, 0.4) is 0 Å². The highest BCUT2D eigenvalue weighted by molar-refractivity contribution is 5.47. The highest BCUT2D eigenvalue weighted by Gasteiger charge is 2.06. The number of hydrogen-bond acceptors (Lipinski definition) is 3. The van der Waals surface area contributed by atoms with Crippen LogP contribution in [-0.2, 0) is 6.61 Å². The summed E-state index contributed by atoms with van der Waals surface area (Å²) in [6.45, 7) is 6.89. The second-order valence-electron chi connectivity index (χ2n) is 5.58. The Morgan fingerprint density at radius 3 is 2.52 bits per heavy atom. The maximum atomic E-state index is 5.96. The first kappa shape index (κ1) is 15.2. The Morgan fingerprint density at radius 1 is 1.10 bits per heavy atom. The lowest BCUT2D eigenvalue weighted by Gasteiger charge is -2.13. The van der Waals surface area contributed by atoms with E-state index in [2.05, 4.69) is 39.0 Å². The second-order valence-corrected chi connectivity index (χ2v) is 5.58. The van der Waals surface area contributed by atoms with Gasteiger partial charge in [0.2, 0.25) is 0 Å². The zero-order valence-electron chi connectivity index (χ0n) is 13.1. The summed E-state index contributed by atoms with van der Waals surface area (Å²) in [6, 6.07) is 12.0. The van der Waals surface area contributed by atoms with Crippen molar-refractivity contribution in [3.05, 3.63) is 53.1 Å². The normalized spacial score (nSPS) is 10.7. The largest absolute Gasteiger partial charge is 0.497 e. The number of nitrogens with two attached hydrogens (primary N) is 1. The molecule has 0 spiro atoms. The van der Waals surface area contributed by atoms with Gasteiger partial charge in [0.15, 0.2) is 0 Å². The highest BCUT2D eigenvalue weighted by Crippen LogP contribution is 2.26. The molecule has 0 aliphatic heterocycles. The molecule has 0 aromatic heterocycles. The summed E-state index contributed by atoms with van der Waals surface area (Å²) in [5.41, 5.74) is 9.96. The Morgan fingerprint density at radius 2 is 1.86 bits per heavy atom. The van der Waals surface area contributed by atoms with Crippen LogP contribution >= 0.6 is 0 Å². The third-order valence-electron chi connectivity index (χ3n) is 3.50. The van der Waals surface area contributed by atoms with Gasteiger partial charge in [0.1, 0.15) is 18.1 Å². The fourth-order valence-electron chi connectivity index (χ4n) is 2.18. The summed E-state index contributed by atoms with van der Waals surface area (Å²) < 4.78 is 11.2. The molecule has 0 saturated heterocycles. The molecule has 3 nitrogen and oxygen atoms in total. The van der Waals surface area contributed by atoms with Crippen molar-refractivity contribution in [2.24, 2.45) is 0 Å². The number of methoxy groups -OCH3 is 1. The Bertz CT molecular complexity index is 621. The van der Waals surface area contributed by atoms with Crippen molar-refractivity contribution < 1.29 is 9.47 Å². The molecule has 0 unspecified atom stereocenters. The van der Waals surface area contributed by atoms with Gasteiger partial charge in [-0.1, -0.05) is 26.0 Å². The van der Waals surface area contributed by atoms with Crippen LogP contribution in [0.4, 0.5) is 5.69 Å². The maximum Gasteiger partial charge on any atom is 0.122 e. The van der Waals surface area contributed by atoms with Crippen molar-refractivity contribution in [2.75, 3.05) is 12.8 Å². The monoisotopic (exact) mass is 285 g/mol. The minimum atomic E-state index is 0.476. The molecule has 2 N–H and O–H groups in total. The van der Waals surface area contributed by atoms with E-state index in [1.54, 1.807) is 13.2 Å². The van der Waals surface area contributed by atoms with Crippen LogP contribution in [0.25, 0.3) is 0 Å². The number of anilines is 1. The fraction of sp³-hybridized carbons (Fsp3) is 0.333. The first-order valence-electron chi connectivity index (χ1n) is 7.16. The topological polar surface area (TPSA) is 44.5 Å². The molecule has 0 heterocycles. The minimum absolute atomic E-state index is 0.476. The van der Waals surface area contributed by atoms with Crippen LogP contribution in [0, 0.1) is 6.92 Å². The summed E-state index contributed by atoms with van der Waals surface area (Å²) in [4.78, 5) is 0. The lowest BCUT2D eigenvalue weighted by molar-refractivity contribution is 0.303. The predicted octanol–water partition coefficient (Wildman–Crippen LogP) is 4.29. The Balaban J connectivity index is 2.16. The number of hydrogen-bond donors (Lipinski definition) is 1. The van der Waals surface area contributed by atoms with Gasteiger partial charge < -0.3 is 15.2 Å². The molecule has 0 bridgehead atoms. The van der Waals surface area contributed by atoms with Gasteiger partial charge in [0.25, 0.3) is 0 Å². The van der Waals surface area contributed by atoms with Gasteiger partial charge in [0, 0.05) is 11.8 Å². The molecule has 0 radical (unpaired) electrons. The van der Waals surface area contributed by atoms with Crippen molar-refractivity contribution in [3.8, 4) is 11.5 Å². The third-order valence-corrected chi connectivity index (χ3v) is 3.50. The molecule has 0 fully saturated rings. The van der Waals surface area contributed by atoms with E-state index in [0.29, 0.717) is 18.2 Å². The van der Waals surface area contributed by atoms with Gasteiger partial charge in [-0.15, -0.1) is 0 Å². The van der Waals surface area contributed by atoms with Crippen LogP contribution in [0.5, 0.6) is 11.5 Å². The van der Waals surface area contributed by atoms with E-state index >= 15 is 0 Å². The Labute approximate surface area is 126 Å². The molecule has 2 rings (SSSR count). The standard InChI is InChI=1S/C18H23NO2/c1-12(2)15-6-5-13(3)18(9-15)21-11-14-7-16(19)10-17(8-14)20-4/h5-10,12H,11,19H2,1-4H3. The minimum Gasteiger partial charge on any atom is -0.497 e. The van der Waals surface area contributed by atoms with Crippen molar-refractivity contribution in [3.63, 3.8) is 0 Å². The second kappa shape index (κ2) is 6.53. The van der Waals surface area contributed by atoms with Crippen molar-refractivity contribution in [2.45, 2.75) is 33.3 Å². The first-order valence-corrected chi connectivity index (χ1v) is 7.16. The molecule has 0 amide bonds.